The predicted molar refractivity (Wildman–Crippen MR) is 80.5 cm³/mol. The van der Waals surface area contributed by atoms with Gasteiger partial charge in [0.15, 0.2) is 0 Å². The van der Waals surface area contributed by atoms with Crippen molar-refractivity contribution in [1.29, 1.82) is 0 Å². The van der Waals surface area contributed by atoms with E-state index in [1.165, 1.54) is 4.90 Å². The largest absolute Gasteiger partial charge is 0.478 e. The summed E-state index contributed by atoms with van der Waals surface area (Å²) in [7, 11) is 1.64. The highest BCUT2D eigenvalue weighted by Gasteiger charge is 2.27. The maximum absolute atomic E-state index is 12.5. The van der Waals surface area contributed by atoms with Gasteiger partial charge in [0.25, 0.3) is 0 Å². The van der Waals surface area contributed by atoms with Gasteiger partial charge in [-0.1, -0.05) is 26.7 Å². The van der Waals surface area contributed by atoms with E-state index in [9.17, 15) is 14.7 Å². The summed E-state index contributed by atoms with van der Waals surface area (Å²) >= 11 is 1.07. The minimum atomic E-state index is -1.03. The molecule has 0 saturated carbocycles. The van der Waals surface area contributed by atoms with Crippen LogP contribution in [0, 0.1) is 12.8 Å². The molecule has 1 aromatic heterocycles. The number of carboxylic acid groups (broad SMARTS) is 1. The number of aryl methyl sites for hydroxylation is 1. The Kier molecular flexibility index (Phi) is 6.13. The maximum Gasteiger partial charge on any atom is 0.340 e. The lowest BCUT2D eigenvalue weighted by Crippen LogP contribution is -2.33. The Hall–Kier alpha value is -1.43. The van der Waals surface area contributed by atoms with Crippen LogP contribution in [0.25, 0.3) is 0 Å². The van der Waals surface area contributed by atoms with Crippen LogP contribution in [0.5, 0.6) is 0 Å². The normalized spacial score (nSPS) is 12.2. The van der Waals surface area contributed by atoms with Crippen molar-refractivity contribution in [2.45, 2.75) is 46.5 Å². The molecule has 0 aliphatic carbocycles. The second-order valence-electron chi connectivity index (χ2n) is 4.90. The van der Waals surface area contributed by atoms with E-state index in [4.69, 9.17) is 0 Å². The van der Waals surface area contributed by atoms with E-state index in [1.807, 2.05) is 6.92 Å². The lowest BCUT2D eigenvalue weighted by Gasteiger charge is -2.22. The van der Waals surface area contributed by atoms with E-state index in [1.54, 1.807) is 14.0 Å². The zero-order valence-electron chi connectivity index (χ0n) is 12.5. The van der Waals surface area contributed by atoms with Crippen LogP contribution in [0.2, 0.25) is 0 Å². The molecule has 0 spiro atoms. The van der Waals surface area contributed by atoms with Crippen molar-refractivity contribution in [2.24, 2.45) is 5.92 Å². The molecule has 1 heterocycles. The number of carbonyl (C=O) groups is 2. The van der Waals surface area contributed by atoms with Crippen LogP contribution in [-0.2, 0) is 4.79 Å². The number of carbonyl (C=O) groups excluding carboxylic acids is 1. The van der Waals surface area contributed by atoms with Crippen LogP contribution in [0.1, 0.15) is 55.6 Å². The van der Waals surface area contributed by atoms with E-state index in [-0.39, 0.29) is 17.4 Å². The fourth-order valence-electron chi connectivity index (χ4n) is 2.16. The van der Waals surface area contributed by atoms with Crippen molar-refractivity contribution in [3.05, 3.63) is 11.3 Å². The van der Waals surface area contributed by atoms with Crippen LogP contribution >= 0.6 is 11.5 Å². The quantitative estimate of drug-likeness (QED) is 0.838. The summed E-state index contributed by atoms with van der Waals surface area (Å²) in [4.78, 5) is 25.2. The Balaban J connectivity index is 2.96. The number of hydrogen-bond acceptors (Lipinski definition) is 4. The zero-order chi connectivity index (χ0) is 15.3. The van der Waals surface area contributed by atoms with E-state index in [0.717, 1.165) is 37.2 Å². The molecular weight excluding hydrogens is 276 g/mol. The van der Waals surface area contributed by atoms with Crippen LogP contribution in [0.4, 0.5) is 5.00 Å². The molecule has 0 aliphatic rings. The first-order valence-corrected chi connectivity index (χ1v) is 7.68. The van der Waals surface area contributed by atoms with E-state index in [2.05, 4.69) is 11.3 Å². The standard InChI is InChI=1S/C14H22N2O3S/c1-5-7-8-10(6-2)12(17)16(4)13-11(14(18)19)9(3)15-20-13/h10H,5-8H2,1-4H3,(H,18,19). The highest BCUT2D eigenvalue weighted by molar-refractivity contribution is 7.11. The second-order valence-corrected chi connectivity index (χ2v) is 5.65. The van der Waals surface area contributed by atoms with Crippen LogP contribution in [-0.4, -0.2) is 28.4 Å². The molecule has 6 heteroatoms. The average Bonchev–Trinajstić information content (AvgIpc) is 2.80. The zero-order valence-corrected chi connectivity index (χ0v) is 13.3. The molecule has 1 atom stereocenters. The first kappa shape index (κ1) is 16.6. The molecule has 1 aromatic rings. The molecule has 1 rings (SSSR count). The summed E-state index contributed by atoms with van der Waals surface area (Å²) in [6.45, 7) is 5.73. The van der Waals surface area contributed by atoms with Gasteiger partial charge in [-0.15, -0.1) is 0 Å². The number of aromatic carboxylic acids is 1. The average molecular weight is 298 g/mol. The van der Waals surface area contributed by atoms with Crippen LogP contribution in [0.3, 0.4) is 0 Å². The smallest absolute Gasteiger partial charge is 0.340 e. The first-order valence-electron chi connectivity index (χ1n) is 6.91. The summed E-state index contributed by atoms with van der Waals surface area (Å²) in [6.07, 6.45) is 3.67. The molecule has 0 saturated heterocycles. The fraction of sp³-hybridized carbons (Fsp3) is 0.643. The Morgan fingerprint density at radius 1 is 1.40 bits per heavy atom. The van der Waals surface area contributed by atoms with Crippen molar-refractivity contribution >= 4 is 28.4 Å². The summed E-state index contributed by atoms with van der Waals surface area (Å²) in [5.41, 5.74) is 0.593. The van der Waals surface area contributed by atoms with Crippen molar-refractivity contribution in [3.63, 3.8) is 0 Å². The van der Waals surface area contributed by atoms with Crippen LogP contribution in [0.15, 0.2) is 0 Å². The minimum Gasteiger partial charge on any atom is -0.478 e. The van der Waals surface area contributed by atoms with Crippen molar-refractivity contribution in [2.75, 3.05) is 11.9 Å². The monoisotopic (exact) mass is 298 g/mol. The molecule has 0 aromatic carbocycles. The summed E-state index contributed by atoms with van der Waals surface area (Å²) in [5.74, 6) is -1.11. The predicted octanol–water partition coefficient (Wildman–Crippen LogP) is 3.33. The van der Waals surface area contributed by atoms with Crippen molar-refractivity contribution in [3.8, 4) is 0 Å². The van der Waals surface area contributed by atoms with E-state index < -0.39 is 5.97 Å². The Morgan fingerprint density at radius 3 is 2.55 bits per heavy atom. The highest BCUT2D eigenvalue weighted by Crippen LogP contribution is 2.29. The molecule has 1 unspecified atom stereocenters. The molecule has 0 bridgehead atoms. The molecule has 0 radical (unpaired) electrons. The number of amides is 1. The second kappa shape index (κ2) is 7.38. The maximum atomic E-state index is 12.5. The molecule has 0 fully saturated rings. The highest BCUT2D eigenvalue weighted by atomic mass is 32.1. The summed E-state index contributed by atoms with van der Waals surface area (Å²) in [5, 5.41) is 9.66. The van der Waals surface area contributed by atoms with Gasteiger partial charge in [0.05, 0.1) is 5.69 Å². The summed E-state index contributed by atoms with van der Waals surface area (Å²) in [6, 6.07) is 0. The molecule has 5 nitrogen and oxygen atoms in total. The fourth-order valence-corrected chi connectivity index (χ4v) is 3.01. The van der Waals surface area contributed by atoms with Crippen molar-refractivity contribution in [1.82, 2.24) is 4.37 Å². The van der Waals surface area contributed by atoms with Gasteiger partial charge in [0.2, 0.25) is 5.91 Å². The number of rotatable bonds is 7. The third kappa shape index (κ3) is 3.56. The third-order valence-corrected chi connectivity index (χ3v) is 4.46. The van der Waals surface area contributed by atoms with Gasteiger partial charge in [-0.05, 0) is 31.3 Å². The number of aromatic nitrogens is 1. The topological polar surface area (TPSA) is 70.5 Å². The van der Waals surface area contributed by atoms with Gasteiger partial charge in [-0.25, -0.2) is 4.79 Å². The number of hydrogen-bond donors (Lipinski definition) is 1. The SMILES string of the molecule is CCCCC(CC)C(=O)N(C)c1snc(C)c1C(=O)O. The van der Waals surface area contributed by atoms with Gasteiger partial charge >= 0.3 is 5.97 Å². The molecular formula is C14H22N2O3S. The number of anilines is 1. The van der Waals surface area contributed by atoms with Crippen LogP contribution < -0.4 is 4.90 Å². The molecule has 1 N–H and O–H groups in total. The number of unbranched alkanes of at least 4 members (excludes halogenated alkanes) is 1. The Labute approximate surface area is 123 Å². The summed E-state index contributed by atoms with van der Waals surface area (Å²) < 4.78 is 4.06. The van der Waals surface area contributed by atoms with Gasteiger partial charge in [-0.3, -0.25) is 4.79 Å². The Bertz CT molecular complexity index is 485. The van der Waals surface area contributed by atoms with Crippen molar-refractivity contribution < 1.29 is 14.7 Å². The van der Waals surface area contributed by atoms with E-state index >= 15 is 0 Å². The minimum absolute atomic E-state index is 0.0212. The third-order valence-electron chi connectivity index (χ3n) is 3.44. The molecule has 1 amide bonds. The van der Waals surface area contributed by atoms with Gasteiger partial charge in [-0.2, -0.15) is 4.37 Å². The molecule has 0 aliphatic heterocycles. The first-order chi connectivity index (χ1) is 9.43. The lowest BCUT2D eigenvalue weighted by atomic mass is 9.98. The lowest BCUT2D eigenvalue weighted by molar-refractivity contribution is -0.122. The van der Waals surface area contributed by atoms with Gasteiger partial charge in [0.1, 0.15) is 10.6 Å². The Morgan fingerprint density at radius 2 is 2.05 bits per heavy atom. The molecule has 112 valence electrons. The number of carboxylic acids is 1. The van der Waals surface area contributed by atoms with Gasteiger partial charge < -0.3 is 10.0 Å². The number of nitrogens with zero attached hydrogens (tertiary/aromatic N) is 2. The van der Waals surface area contributed by atoms with Gasteiger partial charge in [0, 0.05) is 13.0 Å². The molecule has 20 heavy (non-hydrogen) atoms. The van der Waals surface area contributed by atoms with E-state index in [0.29, 0.717) is 10.7 Å².